The van der Waals surface area contributed by atoms with Crippen LogP contribution in [0.25, 0.3) is 0 Å². The Morgan fingerprint density at radius 1 is 0.838 bits per heavy atom. The van der Waals surface area contributed by atoms with Crippen molar-refractivity contribution in [3.8, 4) is 0 Å². The number of carbonyl (C=O) groups is 2. The van der Waals surface area contributed by atoms with E-state index < -0.39 is 16.9 Å². The third kappa shape index (κ3) is 31.1. The number of rotatable bonds is 25. The third-order valence-electron chi connectivity index (χ3n) is 2.74. The number of alkyl carbamates (subject to hydrolysis) is 1. The van der Waals surface area contributed by atoms with Gasteiger partial charge in [0.2, 0.25) is 6.40 Å². The average molecular weight is 695 g/mol. The Kier molecular flexibility index (Phi) is 31.8. The predicted octanol–water partition coefficient (Wildman–Crippen LogP) is 3.52. The number of aliphatic imine (C=N–C) groups is 2. The van der Waals surface area contributed by atoms with Crippen LogP contribution in [0.15, 0.2) is 9.98 Å². The van der Waals surface area contributed by atoms with Crippen LogP contribution in [-0.2, 0) is 25.3 Å². The minimum Gasteiger partial charge on any atom is -0.438 e. The second-order valence-corrected chi connectivity index (χ2v) is 15.7. The van der Waals surface area contributed by atoms with Crippen LogP contribution >= 0.6 is 94.1 Å². The molecule has 1 unspecified atom stereocenters. The molecule has 0 fully saturated rings. The van der Waals surface area contributed by atoms with Crippen LogP contribution in [0.5, 0.6) is 0 Å². The zero-order chi connectivity index (χ0) is 27.2. The number of nitrogens with one attached hydrogen (secondary N) is 2. The summed E-state index contributed by atoms with van der Waals surface area (Å²) in [5, 5.41) is 24.5. The largest absolute Gasteiger partial charge is 0.438 e. The summed E-state index contributed by atoms with van der Waals surface area (Å²) in [6.07, 6.45) is 0.668. The summed E-state index contributed by atoms with van der Waals surface area (Å²) in [4.78, 5) is 40.8. The molecular formula is C16H30N4O8S9. The molecule has 21 heteroatoms. The van der Waals surface area contributed by atoms with E-state index in [0.717, 1.165) is 11.8 Å². The smallest absolute Gasteiger partial charge is 0.408 e. The summed E-state index contributed by atoms with van der Waals surface area (Å²) < 4.78 is 16.8. The quantitative estimate of drug-likeness (QED) is 0.0273. The summed E-state index contributed by atoms with van der Waals surface area (Å²) in [5.74, 6) is 2.12. The van der Waals surface area contributed by atoms with Crippen LogP contribution in [0.3, 0.4) is 0 Å². The fourth-order valence-corrected chi connectivity index (χ4v) is 7.91. The van der Waals surface area contributed by atoms with Gasteiger partial charge in [-0.15, -0.1) is 82.3 Å². The Morgan fingerprint density at radius 3 is 2.24 bits per heavy atom. The molecule has 4 N–H and O–H groups in total. The van der Waals surface area contributed by atoms with Gasteiger partial charge in [-0.3, -0.25) is 14.0 Å². The van der Waals surface area contributed by atoms with Crippen LogP contribution in [0, 0.1) is 0 Å². The van der Waals surface area contributed by atoms with E-state index in [-0.39, 0.29) is 23.1 Å². The van der Waals surface area contributed by atoms with E-state index in [9.17, 15) is 13.8 Å². The maximum atomic E-state index is 11.9. The van der Waals surface area contributed by atoms with E-state index in [1.54, 1.807) is 0 Å². The maximum Gasteiger partial charge on any atom is 0.408 e. The SMILES string of the molecule is O=C(NCSCN=CS(=O)CSCSC(=O)NCSCN=COOCSCSCO)OCSCSCO. The third-order valence-corrected chi connectivity index (χ3v) is 11.2. The van der Waals surface area contributed by atoms with Gasteiger partial charge < -0.3 is 30.5 Å². The van der Waals surface area contributed by atoms with Gasteiger partial charge in [0.1, 0.15) is 11.9 Å². The van der Waals surface area contributed by atoms with Gasteiger partial charge >= 0.3 is 6.09 Å². The Balaban J connectivity index is 3.49. The van der Waals surface area contributed by atoms with Crippen molar-refractivity contribution < 1.29 is 38.5 Å². The van der Waals surface area contributed by atoms with Gasteiger partial charge in [0.25, 0.3) is 5.24 Å². The van der Waals surface area contributed by atoms with Gasteiger partial charge in [0, 0.05) is 15.3 Å². The van der Waals surface area contributed by atoms with E-state index in [1.165, 1.54) is 94.3 Å². The number of thioether (sulfide) groups is 8. The number of nitrogens with zero attached hydrogens (tertiary/aromatic N) is 2. The van der Waals surface area contributed by atoms with Crippen molar-refractivity contribution in [2.24, 2.45) is 9.98 Å². The molecular weight excluding hydrogens is 665 g/mol. The minimum absolute atomic E-state index is 0.0369. The number of carbonyl (C=O) groups excluding carboxylic acids is 2. The molecule has 1 atom stereocenters. The first kappa shape index (κ1) is 37.7. The van der Waals surface area contributed by atoms with Gasteiger partial charge in [-0.25, -0.2) is 9.79 Å². The van der Waals surface area contributed by atoms with Crippen LogP contribution in [-0.4, -0.2) is 105 Å². The predicted molar refractivity (Wildman–Crippen MR) is 169 cm³/mol. The van der Waals surface area contributed by atoms with Crippen molar-refractivity contribution in [3.63, 3.8) is 0 Å². The fraction of sp³-hybridized carbons (Fsp3) is 0.750. The van der Waals surface area contributed by atoms with E-state index >= 15 is 0 Å². The van der Waals surface area contributed by atoms with Crippen molar-refractivity contribution >= 4 is 128 Å². The molecule has 0 aromatic heterocycles. The molecule has 0 aliphatic rings. The summed E-state index contributed by atoms with van der Waals surface area (Å²) in [6, 6.07) is 0. The van der Waals surface area contributed by atoms with Crippen LogP contribution in [0.4, 0.5) is 9.59 Å². The molecule has 0 spiro atoms. The van der Waals surface area contributed by atoms with Crippen molar-refractivity contribution in [1.82, 2.24) is 10.6 Å². The molecule has 216 valence electrons. The van der Waals surface area contributed by atoms with E-state index in [2.05, 4.69) is 20.6 Å². The molecule has 0 aliphatic heterocycles. The van der Waals surface area contributed by atoms with Crippen LogP contribution in [0.1, 0.15) is 0 Å². The second-order valence-electron chi connectivity index (χ2n) is 5.33. The molecule has 0 saturated heterocycles. The summed E-state index contributed by atoms with van der Waals surface area (Å²) in [7, 11) is -1.25. The van der Waals surface area contributed by atoms with Gasteiger partial charge in [0.15, 0.2) is 0 Å². The molecule has 2 amide bonds. The maximum absolute atomic E-state index is 11.9. The molecule has 0 aromatic rings. The highest BCUT2D eigenvalue weighted by atomic mass is 32.2. The van der Waals surface area contributed by atoms with Gasteiger partial charge in [-0.05, 0) is 0 Å². The lowest BCUT2D eigenvalue weighted by Crippen LogP contribution is -2.23. The number of hydrogen-bond acceptors (Lipinski definition) is 18. The van der Waals surface area contributed by atoms with Gasteiger partial charge in [-0.2, -0.15) is 4.89 Å². The van der Waals surface area contributed by atoms with Crippen LogP contribution in [0.2, 0.25) is 0 Å². The zero-order valence-corrected chi connectivity index (χ0v) is 26.9. The normalized spacial score (nSPS) is 12.2. The Hall–Kier alpha value is 0.710. The first-order valence-corrected chi connectivity index (χ1v) is 20.3. The number of hydrogen-bond donors (Lipinski definition) is 4. The molecule has 0 heterocycles. The molecule has 0 rings (SSSR count). The molecule has 0 radical (unpaired) electrons. The molecule has 12 nitrogen and oxygen atoms in total. The lowest BCUT2D eigenvalue weighted by Gasteiger charge is -2.05. The Bertz CT molecular complexity index is 655. The molecule has 0 bridgehead atoms. The highest BCUT2D eigenvalue weighted by Crippen LogP contribution is 2.14. The second kappa shape index (κ2) is 31.2. The average Bonchev–Trinajstić information content (AvgIpc) is 2.89. The van der Waals surface area contributed by atoms with Crippen LogP contribution < -0.4 is 10.6 Å². The lowest BCUT2D eigenvalue weighted by atomic mass is 11.1. The first-order chi connectivity index (χ1) is 18.1. The highest BCUT2D eigenvalue weighted by molar-refractivity contribution is 8.27. The Labute approximate surface area is 253 Å². The number of aliphatic hydroxyl groups is 2. The monoisotopic (exact) mass is 694 g/mol. The molecule has 0 saturated carbocycles. The van der Waals surface area contributed by atoms with E-state index in [1.807, 2.05) is 0 Å². The zero-order valence-electron chi connectivity index (χ0n) is 19.6. The number of amides is 2. The summed E-state index contributed by atoms with van der Waals surface area (Å²) in [5.41, 5.74) is 1.36. The summed E-state index contributed by atoms with van der Waals surface area (Å²) >= 11 is 10.8. The molecule has 0 aromatic carbocycles. The minimum atomic E-state index is -1.25. The standard InChI is InChI=1S/C16H30N4O8S9/c21-7-31-11-33-9-26-15(23)19-4-30-3-18-6-37(25)14-35-13-36-16(24)20-5-29-2-17-1-27-28-10-34-12-32-8-22/h1,6,21-22H,2-5,7-14H2,(H,19,23)(H,20,24). The lowest BCUT2D eigenvalue weighted by molar-refractivity contribution is -0.196. The molecule has 0 aliphatic carbocycles. The Morgan fingerprint density at radius 2 is 1.51 bits per heavy atom. The number of aliphatic hydroxyl groups excluding tert-OH is 2. The number of ether oxygens (including phenoxy) is 1. The molecule has 37 heavy (non-hydrogen) atoms. The summed E-state index contributed by atoms with van der Waals surface area (Å²) in [6.45, 7) is 0. The highest BCUT2D eigenvalue weighted by Gasteiger charge is 2.03. The van der Waals surface area contributed by atoms with Crippen molar-refractivity contribution in [3.05, 3.63) is 0 Å². The van der Waals surface area contributed by atoms with Gasteiger partial charge in [-0.1, -0.05) is 11.8 Å². The van der Waals surface area contributed by atoms with Gasteiger partial charge in [0.05, 0.1) is 56.8 Å². The van der Waals surface area contributed by atoms with Crippen molar-refractivity contribution in [2.45, 2.75) is 0 Å². The first-order valence-electron chi connectivity index (χ1n) is 9.81. The van der Waals surface area contributed by atoms with E-state index in [0.29, 0.717) is 49.8 Å². The van der Waals surface area contributed by atoms with Crippen molar-refractivity contribution in [1.29, 1.82) is 0 Å². The topological polar surface area (TPSA) is 168 Å². The van der Waals surface area contributed by atoms with Crippen molar-refractivity contribution in [2.75, 3.05) is 67.6 Å². The van der Waals surface area contributed by atoms with E-state index in [4.69, 9.17) is 24.7 Å². The fourth-order valence-electron chi connectivity index (χ4n) is 1.38.